The van der Waals surface area contributed by atoms with Crippen LogP contribution in [0, 0.1) is 0 Å². The molecule has 78 valence electrons. The van der Waals surface area contributed by atoms with E-state index < -0.39 is 0 Å². The number of nitrogens with zero attached hydrogens (tertiary/aromatic N) is 3. The van der Waals surface area contributed by atoms with Gasteiger partial charge in [0.1, 0.15) is 0 Å². The van der Waals surface area contributed by atoms with Crippen LogP contribution in [0.2, 0.25) is 0 Å². The van der Waals surface area contributed by atoms with Crippen LogP contribution in [-0.2, 0) is 4.74 Å². The summed E-state index contributed by atoms with van der Waals surface area (Å²) in [6, 6.07) is 0. The highest BCUT2D eigenvalue weighted by molar-refractivity contribution is 5.40. The average Bonchev–Trinajstić information content (AvgIpc) is 3.02. The minimum absolute atomic E-state index is 0.237. The maximum absolute atomic E-state index is 5.26. The first-order valence-electron chi connectivity index (χ1n) is 4.84. The summed E-state index contributed by atoms with van der Waals surface area (Å²) in [5.41, 5.74) is 0. The number of aromatic nitrogens is 4. The molecule has 15 heavy (non-hydrogen) atoms. The number of nitrogens with one attached hydrogen (secondary N) is 1. The zero-order valence-corrected chi connectivity index (χ0v) is 8.01. The smallest absolute Gasteiger partial charge is 0.238 e. The van der Waals surface area contributed by atoms with Crippen LogP contribution < -0.4 is 0 Å². The molecule has 3 heterocycles. The molecular weight excluding hydrogens is 196 g/mol. The Labute approximate surface area is 85.7 Å². The lowest BCUT2D eigenvalue weighted by atomic mass is 10.1. The third-order valence-corrected chi connectivity index (χ3v) is 2.43. The van der Waals surface area contributed by atoms with E-state index in [9.17, 15) is 0 Å². The van der Waals surface area contributed by atoms with Gasteiger partial charge in [0, 0.05) is 19.0 Å². The van der Waals surface area contributed by atoms with Crippen LogP contribution in [0.4, 0.5) is 0 Å². The summed E-state index contributed by atoms with van der Waals surface area (Å²) < 4.78 is 10.4. The maximum atomic E-state index is 5.26. The monoisotopic (exact) mass is 206 g/mol. The van der Waals surface area contributed by atoms with Gasteiger partial charge in [-0.25, -0.2) is 4.98 Å². The normalized spacial score (nSPS) is 20.9. The largest absolute Gasteiger partial charge is 0.381 e. The van der Waals surface area contributed by atoms with E-state index in [4.69, 9.17) is 9.26 Å². The molecule has 3 rings (SSSR count). The number of imidazole rings is 1. The molecule has 0 aromatic carbocycles. The molecule has 2 aromatic heterocycles. The van der Waals surface area contributed by atoms with E-state index in [-0.39, 0.29) is 5.92 Å². The van der Waals surface area contributed by atoms with Crippen LogP contribution in [-0.4, -0.2) is 33.3 Å². The van der Waals surface area contributed by atoms with Crippen LogP contribution in [0.1, 0.15) is 18.2 Å². The van der Waals surface area contributed by atoms with Crippen molar-refractivity contribution in [3.63, 3.8) is 0 Å². The Morgan fingerprint density at radius 3 is 3.20 bits per heavy atom. The Morgan fingerprint density at radius 1 is 1.47 bits per heavy atom. The van der Waals surface area contributed by atoms with Crippen molar-refractivity contribution in [2.24, 2.45) is 0 Å². The molecule has 6 nitrogen and oxygen atoms in total. The summed E-state index contributed by atoms with van der Waals surface area (Å²) in [5, 5.41) is 3.87. The van der Waals surface area contributed by atoms with E-state index in [0.717, 1.165) is 13.0 Å². The van der Waals surface area contributed by atoms with Gasteiger partial charge in [-0.3, -0.25) is 0 Å². The molecule has 0 bridgehead atoms. The molecule has 0 amide bonds. The first-order valence-corrected chi connectivity index (χ1v) is 4.84. The lowest BCUT2D eigenvalue weighted by Crippen LogP contribution is -1.97. The fourth-order valence-electron chi connectivity index (χ4n) is 1.61. The average molecular weight is 206 g/mol. The lowest BCUT2D eigenvalue weighted by molar-refractivity contribution is 0.189. The van der Waals surface area contributed by atoms with Gasteiger partial charge in [-0.15, -0.1) is 0 Å². The SMILES string of the molecule is c1c[nH]c(-c2noc(C3CCOC3)n2)n1. The van der Waals surface area contributed by atoms with Crippen LogP contribution in [0.3, 0.4) is 0 Å². The standard InChI is InChI=1S/C9H10N4O2/c1-4-14-5-6(1)9-12-8(13-15-9)7-10-2-3-11-7/h2-3,6H,1,4-5H2,(H,10,11). The third kappa shape index (κ3) is 1.52. The Kier molecular flexibility index (Phi) is 1.99. The van der Waals surface area contributed by atoms with Gasteiger partial charge in [0.15, 0.2) is 5.82 Å². The number of hydrogen-bond donors (Lipinski definition) is 1. The number of H-pyrrole nitrogens is 1. The van der Waals surface area contributed by atoms with E-state index in [1.54, 1.807) is 12.4 Å². The fourth-order valence-corrected chi connectivity index (χ4v) is 1.61. The van der Waals surface area contributed by atoms with E-state index in [0.29, 0.717) is 24.1 Å². The van der Waals surface area contributed by atoms with Gasteiger partial charge < -0.3 is 14.2 Å². The molecular formula is C9H10N4O2. The number of aromatic amines is 1. The predicted molar refractivity (Wildman–Crippen MR) is 50.1 cm³/mol. The van der Waals surface area contributed by atoms with E-state index in [1.807, 2.05) is 0 Å². The summed E-state index contributed by atoms with van der Waals surface area (Å²) in [6.07, 6.45) is 4.33. The minimum Gasteiger partial charge on any atom is -0.381 e. The minimum atomic E-state index is 0.237. The van der Waals surface area contributed by atoms with E-state index >= 15 is 0 Å². The van der Waals surface area contributed by atoms with Crippen molar-refractivity contribution < 1.29 is 9.26 Å². The zero-order chi connectivity index (χ0) is 10.1. The number of hydrogen-bond acceptors (Lipinski definition) is 5. The molecule has 0 radical (unpaired) electrons. The van der Waals surface area contributed by atoms with Gasteiger partial charge in [0.2, 0.25) is 11.7 Å². The van der Waals surface area contributed by atoms with Gasteiger partial charge >= 0.3 is 0 Å². The van der Waals surface area contributed by atoms with Crippen LogP contribution >= 0.6 is 0 Å². The first-order chi connectivity index (χ1) is 7.43. The highest BCUT2D eigenvalue weighted by Gasteiger charge is 2.24. The number of rotatable bonds is 2. The van der Waals surface area contributed by atoms with Crippen molar-refractivity contribution in [2.45, 2.75) is 12.3 Å². The van der Waals surface area contributed by atoms with Crippen molar-refractivity contribution in [1.29, 1.82) is 0 Å². The molecule has 1 N–H and O–H groups in total. The second-order valence-electron chi connectivity index (χ2n) is 3.45. The quantitative estimate of drug-likeness (QED) is 0.792. The van der Waals surface area contributed by atoms with E-state index in [2.05, 4.69) is 20.1 Å². The van der Waals surface area contributed by atoms with E-state index in [1.165, 1.54) is 0 Å². The summed E-state index contributed by atoms with van der Waals surface area (Å²) in [4.78, 5) is 11.3. The molecule has 0 spiro atoms. The Bertz CT molecular complexity index is 431. The molecule has 0 saturated carbocycles. The topological polar surface area (TPSA) is 76.8 Å². The molecule has 1 saturated heterocycles. The highest BCUT2D eigenvalue weighted by Crippen LogP contribution is 2.24. The highest BCUT2D eigenvalue weighted by atomic mass is 16.5. The first kappa shape index (κ1) is 8.60. The second kappa shape index (κ2) is 3.47. The lowest BCUT2D eigenvalue weighted by Gasteiger charge is -1.96. The summed E-state index contributed by atoms with van der Waals surface area (Å²) in [7, 11) is 0. The van der Waals surface area contributed by atoms with Crippen molar-refractivity contribution in [3.8, 4) is 11.6 Å². The molecule has 1 aliphatic heterocycles. The Morgan fingerprint density at radius 2 is 2.47 bits per heavy atom. The van der Waals surface area contributed by atoms with Gasteiger partial charge in [-0.05, 0) is 6.42 Å². The van der Waals surface area contributed by atoms with Gasteiger partial charge in [-0.1, -0.05) is 5.16 Å². The predicted octanol–water partition coefficient (Wildman–Crippen LogP) is 0.964. The third-order valence-electron chi connectivity index (χ3n) is 2.43. The zero-order valence-electron chi connectivity index (χ0n) is 8.01. The summed E-state index contributed by atoms with van der Waals surface area (Å²) in [5.74, 6) is 2.01. The Hall–Kier alpha value is -1.69. The molecule has 6 heteroatoms. The van der Waals surface area contributed by atoms with Crippen molar-refractivity contribution in [1.82, 2.24) is 20.1 Å². The molecule has 2 aromatic rings. The van der Waals surface area contributed by atoms with Crippen LogP contribution in [0.25, 0.3) is 11.6 Å². The maximum Gasteiger partial charge on any atom is 0.238 e. The van der Waals surface area contributed by atoms with Crippen molar-refractivity contribution >= 4 is 0 Å². The van der Waals surface area contributed by atoms with Gasteiger partial charge in [0.25, 0.3) is 0 Å². The van der Waals surface area contributed by atoms with Gasteiger partial charge in [-0.2, -0.15) is 4.98 Å². The van der Waals surface area contributed by atoms with Crippen LogP contribution in [0.5, 0.6) is 0 Å². The summed E-state index contributed by atoms with van der Waals surface area (Å²) >= 11 is 0. The van der Waals surface area contributed by atoms with Crippen LogP contribution in [0.15, 0.2) is 16.9 Å². The summed E-state index contributed by atoms with van der Waals surface area (Å²) in [6.45, 7) is 1.43. The molecule has 0 aliphatic carbocycles. The number of ether oxygens (including phenoxy) is 1. The molecule has 1 fully saturated rings. The second-order valence-corrected chi connectivity index (χ2v) is 3.45. The fraction of sp³-hybridized carbons (Fsp3) is 0.444. The Balaban J connectivity index is 1.87. The molecule has 1 atom stereocenters. The molecule has 1 unspecified atom stereocenters. The van der Waals surface area contributed by atoms with Gasteiger partial charge in [0.05, 0.1) is 12.5 Å². The van der Waals surface area contributed by atoms with Crippen molar-refractivity contribution in [3.05, 3.63) is 18.3 Å². The molecule has 1 aliphatic rings. The van der Waals surface area contributed by atoms with Crippen molar-refractivity contribution in [2.75, 3.05) is 13.2 Å².